The summed E-state index contributed by atoms with van der Waals surface area (Å²) in [5, 5.41) is 14.9. The SMILES string of the molecule is CCC(CNC(=O)OCC1c2ccccc2-c2ccccc21)CC(=O)NC1(C(=O)O)CCOC1. The predicted octanol–water partition coefficient (Wildman–Crippen LogP) is 3.30. The molecule has 0 saturated carbocycles. The van der Waals surface area contributed by atoms with Crippen LogP contribution in [0.1, 0.15) is 43.2 Å². The van der Waals surface area contributed by atoms with Gasteiger partial charge in [-0.05, 0) is 28.2 Å². The molecule has 34 heavy (non-hydrogen) atoms. The third kappa shape index (κ3) is 4.92. The van der Waals surface area contributed by atoms with Crippen molar-refractivity contribution >= 4 is 18.0 Å². The Morgan fingerprint density at radius 1 is 1.12 bits per heavy atom. The number of amides is 2. The molecule has 2 unspecified atom stereocenters. The zero-order valence-corrected chi connectivity index (χ0v) is 19.2. The Hall–Kier alpha value is -3.39. The first-order valence-electron chi connectivity index (χ1n) is 11.6. The monoisotopic (exact) mass is 466 g/mol. The lowest BCUT2D eigenvalue weighted by atomic mass is 9.96. The lowest BCUT2D eigenvalue weighted by molar-refractivity contribution is -0.147. The highest BCUT2D eigenvalue weighted by molar-refractivity contribution is 5.87. The van der Waals surface area contributed by atoms with E-state index in [2.05, 4.69) is 34.9 Å². The number of nitrogens with one attached hydrogen (secondary N) is 2. The highest BCUT2D eigenvalue weighted by Gasteiger charge is 2.44. The Kier molecular flexibility index (Phi) is 7.17. The van der Waals surface area contributed by atoms with Crippen molar-refractivity contribution in [1.29, 1.82) is 0 Å². The first kappa shape index (κ1) is 23.8. The Morgan fingerprint density at radius 3 is 2.32 bits per heavy atom. The van der Waals surface area contributed by atoms with Gasteiger partial charge in [-0.1, -0.05) is 61.9 Å². The topological polar surface area (TPSA) is 114 Å². The molecule has 8 heteroatoms. The molecule has 1 aliphatic carbocycles. The molecule has 1 saturated heterocycles. The van der Waals surface area contributed by atoms with Gasteiger partial charge < -0.3 is 25.2 Å². The fraction of sp³-hybridized carbons (Fsp3) is 0.423. The van der Waals surface area contributed by atoms with Crippen LogP contribution in [-0.2, 0) is 19.1 Å². The number of benzene rings is 2. The predicted molar refractivity (Wildman–Crippen MR) is 125 cm³/mol. The van der Waals surface area contributed by atoms with E-state index in [0.29, 0.717) is 13.0 Å². The van der Waals surface area contributed by atoms with E-state index in [1.807, 2.05) is 31.2 Å². The minimum atomic E-state index is -1.37. The molecule has 0 bridgehead atoms. The lowest BCUT2D eigenvalue weighted by Gasteiger charge is -2.25. The summed E-state index contributed by atoms with van der Waals surface area (Å²) in [7, 11) is 0. The molecule has 8 nitrogen and oxygen atoms in total. The van der Waals surface area contributed by atoms with Crippen molar-refractivity contribution in [2.75, 3.05) is 26.4 Å². The van der Waals surface area contributed by atoms with Gasteiger partial charge in [0.2, 0.25) is 5.91 Å². The van der Waals surface area contributed by atoms with Gasteiger partial charge in [-0.25, -0.2) is 9.59 Å². The zero-order valence-electron chi connectivity index (χ0n) is 19.2. The molecular weight excluding hydrogens is 436 g/mol. The highest BCUT2D eigenvalue weighted by atomic mass is 16.5. The quantitative estimate of drug-likeness (QED) is 0.523. The third-order valence-electron chi connectivity index (χ3n) is 6.74. The van der Waals surface area contributed by atoms with E-state index >= 15 is 0 Å². The molecule has 3 N–H and O–H groups in total. The summed E-state index contributed by atoms with van der Waals surface area (Å²) in [5.74, 6) is -1.63. The van der Waals surface area contributed by atoms with E-state index in [-0.39, 0.29) is 50.3 Å². The average molecular weight is 467 g/mol. The van der Waals surface area contributed by atoms with E-state index < -0.39 is 17.6 Å². The second-order valence-electron chi connectivity index (χ2n) is 8.92. The Bertz CT molecular complexity index is 1020. The van der Waals surface area contributed by atoms with Gasteiger partial charge in [0, 0.05) is 31.9 Å². The van der Waals surface area contributed by atoms with Gasteiger partial charge in [0.1, 0.15) is 6.61 Å². The Morgan fingerprint density at radius 2 is 1.76 bits per heavy atom. The number of hydrogen-bond acceptors (Lipinski definition) is 5. The van der Waals surface area contributed by atoms with Crippen LogP contribution in [0.3, 0.4) is 0 Å². The molecule has 1 aliphatic heterocycles. The van der Waals surface area contributed by atoms with Crippen LogP contribution < -0.4 is 10.6 Å². The van der Waals surface area contributed by atoms with Gasteiger partial charge in [0.25, 0.3) is 0 Å². The van der Waals surface area contributed by atoms with Crippen LogP contribution in [0, 0.1) is 5.92 Å². The number of alkyl carbamates (subject to hydrolysis) is 1. The van der Waals surface area contributed by atoms with Crippen molar-refractivity contribution in [2.24, 2.45) is 5.92 Å². The summed E-state index contributed by atoms with van der Waals surface area (Å²) in [6.45, 7) is 2.66. The molecule has 0 spiro atoms. The third-order valence-corrected chi connectivity index (χ3v) is 6.74. The van der Waals surface area contributed by atoms with Crippen LogP contribution in [0.25, 0.3) is 11.1 Å². The van der Waals surface area contributed by atoms with Crippen molar-refractivity contribution in [2.45, 2.75) is 37.6 Å². The number of ether oxygens (including phenoxy) is 2. The van der Waals surface area contributed by atoms with Gasteiger partial charge >= 0.3 is 12.1 Å². The number of carboxylic acid groups (broad SMARTS) is 1. The molecule has 2 aliphatic rings. The lowest BCUT2D eigenvalue weighted by Crippen LogP contribution is -2.55. The molecule has 1 heterocycles. The van der Waals surface area contributed by atoms with Gasteiger partial charge in [0.05, 0.1) is 6.61 Å². The minimum absolute atomic E-state index is 0.0215. The first-order valence-corrected chi connectivity index (χ1v) is 11.6. The molecule has 2 atom stereocenters. The van der Waals surface area contributed by atoms with Crippen molar-refractivity contribution in [1.82, 2.24) is 10.6 Å². The molecule has 0 radical (unpaired) electrons. The van der Waals surface area contributed by atoms with Crippen LogP contribution in [-0.4, -0.2) is 55.0 Å². The number of aliphatic carboxylic acids is 1. The number of fused-ring (bicyclic) bond motifs is 3. The largest absolute Gasteiger partial charge is 0.479 e. The van der Waals surface area contributed by atoms with E-state index in [4.69, 9.17) is 9.47 Å². The van der Waals surface area contributed by atoms with E-state index in [0.717, 1.165) is 22.3 Å². The minimum Gasteiger partial charge on any atom is -0.479 e. The number of rotatable bonds is 9. The fourth-order valence-corrected chi connectivity index (χ4v) is 4.70. The van der Waals surface area contributed by atoms with Crippen molar-refractivity contribution < 1.29 is 29.0 Å². The van der Waals surface area contributed by atoms with Gasteiger partial charge in [-0.15, -0.1) is 0 Å². The summed E-state index contributed by atoms with van der Waals surface area (Å²) in [4.78, 5) is 36.5. The first-order chi connectivity index (χ1) is 16.4. The standard InChI is InChI=1S/C26H30N2O6/c1-2-17(13-23(29)28-26(24(30)31)11-12-33-16-26)14-27-25(32)34-15-22-20-9-5-3-7-18(20)19-8-4-6-10-21(19)22/h3-10,17,22H,2,11-16H2,1H3,(H,27,32)(H,28,29)(H,30,31). The smallest absolute Gasteiger partial charge is 0.407 e. The van der Waals surface area contributed by atoms with Crippen molar-refractivity contribution in [3.05, 3.63) is 59.7 Å². The van der Waals surface area contributed by atoms with Crippen molar-refractivity contribution in [3.8, 4) is 11.1 Å². The Balaban J connectivity index is 1.28. The highest BCUT2D eigenvalue weighted by Crippen LogP contribution is 2.44. The maximum Gasteiger partial charge on any atom is 0.407 e. The molecule has 0 aromatic heterocycles. The zero-order chi connectivity index (χ0) is 24.1. The molecule has 2 amide bonds. The molecule has 1 fully saturated rings. The summed E-state index contributed by atoms with van der Waals surface area (Å²) in [5.41, 5.74) is 3.24. The van der Waals surface area contributed by atoms with Gasteiger partial charge in [0.15, 0.2) is 5.54 Å². The molecule has 180 valence electrons. The summed E-state index contributed by atoms with van der Waals surface area (Å²) >= 11 is 0. The summed E-state index contributed by atoms with van der Waals surface area (Å²) in [6, 6.07) is 16.3. The van der Waals surface area contributed by atoms with E-state index in [9.17, 15) is 19.5 Å². The fourth-order valence-electron chi connectivity index (χ4n) is 4.70. The average Bonchev–Trinajstić information content (AvgIpc) is 3.44. The second-order valence-corrected chi connectivity index (χ2v) is 8.92. The normalized spacial score (nSPS) is 19.7. The molecule has 2 aromatic rings. The van der Waals surface area contributed by atoms with Crippen LogP contribution in [0.2, 0.25) is 0 Å². The van der Waals surface area contributed by atoms with Crippen LogP contribution >= 0.6 is 0 Å². The van der Waals surface area contributed by atoms with Crippen LogP contribution in [0.4, 0.5) is 4.79 Å². The molecule has 2 aromatic carbocycles. The summed E-state index contributed by atoms with van der Waals surface area (Å²) in [6.07, 6.45) is 0.457. The second kappa shape index (κ2) is 10.3. The number of carbonyl (C=O) groups is 3. The van der Waals surface area contributed by atoms with E-state index in [1.165, 1.54) is 0 Å². The van der Waals surface area contributed by atoms with Crippen LogP contribution in [0.15, 0.2) is 48.5 Å². The van der Waals surface area contributed by atoms with Crippen molar-refractivity contribution in [3.63, 3.8) is 0 Å². The summed E-state index contributed by atoms with van der Waals surface area (Å²) < 4.78 is 10.7. The number of carboxylic acids is 1. The van der Waals surface area contributed by atoms with E-state index in [1.54, 1.807) is 0 Å². The number of carbonyl (C=O) groups excluding carboxylic acids is 2. The number of hydrogen-bond donors (Lipinski definition) is 3. The van der Waals surface area contributed by atoms with Gasteiger partial charge in [-0.3, -0.25) is 4.79 Å². The van der Waals surface area contributed by atoms with Crippen LogP contribution in [0.5, 0.6) is 0 Å². The maximum absolute atomic E-state index is 12.5. The molecule has 4 rings (SSSR count). The van der Waals surface area contributed by atoms with Gasteiger partial charge in [-0.2, -0.15) is 0 Å². The Labute approximate surface area is 198 Å². The maximum atomic E-state index is 12.5. The molecular formula is C26H30N2O6.